The minimum atomic E-state index is 0.0569. The molecule has 1 aliphatic heterocycles. The van der Waals surface area contributed by atoms with Crippen molar-refractivity contribution >= 4 is 11.8 Å². The van der Waals surface area contributed by atoms with E-state index >= 15 is 0 Å². The van der Waals surface area contributed by atoms with Crippen molar-refractivity contribution in [2.24, 2.45) is 0 Å². The summed E-state index contributed by atoms with van der Waals surface area (Å²) < 4.78 is 10.8. The number of benzene rings is 1. The Hall–Kier alpha value is -2.24. The SMILES string of the molecule is CCC(=O)N1CCN(C(=O)Cc2ccc(OC)c(C)c2OC)CC1. The first-order chi connectivity index (χ1) is 11.5. The lowest BCUT2D eigenvalue weighted by Gasteiger charge is -2.34. The summed E-state index contributed by atoms with van der Waals surface area (Å²) in [5.74, 6) is 1.65. The zero-order valence-corrected chi connectivity index (χ0v) is 14.9. The highest BCUT2D eigenvalue weighted by Crippen LogP contribution is 2.31. The van der Waals surface area contributed by atoms with E-state index in [0.29, 0.717) is 38.3 Å². The lowest BCUT2D eigenvalue weighted by Crippen LogP contribution is -2.50. The maximum Gasteiger partial charge on any atom is 0.227 e. The smallest absolute Gasteiger partial charge is 0.227 e. The summed E-state index contributed by atoms with van der Waals surface area (Å²) in [6.45, 7) is 6.16. The Labute approximate surface area is 143 Å². The van der Waals surface area contributed by atoms with E-state index in [9.17, 15) is 9.59 Å². The number of carbonyl (C=O) groups excluding carboxylic acids is 2. The van der Waals surface area contributed by atoms with E-state index in [4.69, 9.17) is 9.47 Å². The lowest BCUT2D eigenvalue weighted by atomic mass is 10.0. The maximum atomic E-state index is 12.6. The van der Waals surface area contributed by atoms with E-state index in [1.165, 1.54) is 0 Å². The molecule has 0 atom stereocenters. The minimum absolute atomic E-state index is 0.0569. The predicted molar refractivity (Wildman–Crippen MR) is 91.4 cm³/mol. The highest BCUT2D eigenvalue weighted by molar-refractivity contribution is 5.81. The number of hydrogen-bond donors (Lipinski definition) is 0. The van der Waals surface area contributed by atoms with Gasteiger partial charge in [-0.15, -0.1) is 0 Å². The maximum absolute atomic E-state index is 12.6. The second-order valence-electron chi connectivity index (χ2n) is 5.88. The molecule has 1 saturated heterocycles. The van der Waals surface area contributed by atoms with E-state index < -0.39 is 0 Å². The summed E-state index contributed by atoms with van der Waals surface area (Å²) >= 11 is 0. The Kier molecular flexibility index (Phi) is 6.06. The average molecular weight is 334 g/mol. The molecule has 0 bridgehead atoms. The summed E-state index contributed by atoms with van der Waals surface area (Å²) in [5.41, 5.74) is 1.75. The van der Waals surface area contributed by atoms with Gasteiger partial charge in [-0.25, -0.2) is 0 Å². The van der Waals surface area contributed by atoms with E-state index in [-0.39, 0.29) is 18.2 Å². The molecule has 2 rings (SSSR count). The molecule has 0 saturated carbocycles. The van der Waals surface area contributed by atoms with Crippen LogP contribution >= 0.6 is 0 Å². The average Bonchev–Trinajstić information content (AvgIpc) is 2.61. The number of nitrogens with zero attached hydrogens (tertiary/aromatic N) is 2. The first-order valence-corrected chi connectivity index (χ1v) is 8.27. The van der Waals surface area contributed by atoms with Crippen LogP contribution in [0, 0.1) is 6.92 Å². The van der Waals surface area contributed by atoms with E-state index in [0.717, 1.165) is 16.9 Å². The van der Waals surface area contributed by atoms with E-state index in [2.05, 4.69) is 0 Å². The van der Waals surface area contributed by atoms with Crippen LogP contribution in [-0.2, 0) is 16.0 Å². The number of methoxy groups -OCH3 is 2. The van der Waals surface area contributed by atoms with Gasteiger partial charge in [-0.3, -0.25) is 9.59 Å². The summed E-state index contributed by atoms with van der Waals surface area (Å²) in [7, 11) is 3.22. The Morgan fingerprint density at radius 2 is 1.58 bits per heavy atom. The van der Waals surface area contributed by atoms with Crippen molar-refractivity contribution in [3.05, 3.63) is 23.3 Å². The van der Waals surface area contributed by atoms with Crippen LogP contribution in [-0.4, -0.2) is 62.0 Å². The summed E-state index contributed by atoms with van der Waals surface area (Å²) in [5, 5.41) is 0. The normalized spacial score (nSPS) is 14.5. The fraction of sp³-hybridized carbons (Fsp3) is 0.556. The Bertz CT molecular complexity index is 607. The molecular formula is C18H26N2O4. The molecule has 0 aliphatic carbocycles. The van der Waals surface area contributed by atoms with Gasteiger partial charge in [0.05, 0.1) is 20.6 Å². The molecule has 132 valence electrons. The molecule has 0 spiro atoms. The van der Waals surface area contributed by atoms with E-state index in [1.54, 1.807) is 14.2 Å². The number of carbonyl (C=O) groups is 2. The molecular weight excluding hydrogens is 308 g/mol. The molecule has 2 amide bonds. The van der Waals surface area contributed by atoms with Gasteiger partial charge in [0.1, 0.15) is 11.5 Å². The number of ether oxygens (including phenoxy) is 2. The van der Waals surface area contributed by atoms with Crippen LogP contribution in [0.25, 0.3) is 0 Å². The van der Waals surface area contributed by atoms with Gasteiger partial charge in [0.2, 0.25) is 11.8 Å². The summed E-state index contributed by atoms with van der Waals surface area (Å²) in [4.78, 5) is 27.9. The van der Waals surface area contributed by atoms with Gasteiger partial charge in [-0.05, 0) is 13.0 Å². The van der Waals surface area contributed by atoms with Crippen molar-refractivity contribution in [2.75, 3.05) is 40.4 Å². The molecule has 1 fully saturated rings. The van der Waals surface area contributed by atoms with Crippen LogP contribution in [0.3, 0.4) is 0 Å². The van der Waals surface area contributed by atoms with Crippen molar-refractivity contribution in [3.8, 4) is 11.5 Å². The Morgan fingerprint density at radius 3 is 2.08 bits per heavy atom. The predicted octanol–water partition coefficient (Wildman–Crippen LogP) is 1.64. The van der Waals surface area contributed by atoms with Gasteiger partial charge in [0.15, 0.2) is 0 Å². The second-order valence-corrected chi connectivity index (χ2v) is 5.88. The summed E-state index contributed by atoms with van der Waals surface area (Å²) in [6, 6.07) is 3.73. The molecule has 24 heavy (non-hydrogen) atoms. The molecule has 1 aromatic carbocycles. The van der Waals surface area contributed by atoms with Gasteiger partial charge in [-0.2, -0.15) is 0 Å². The molecule has 0 aromatic heterocycles. The molecule has 1 aromatic rings. The molecule has 6 nitrogen and oxygen atoms in total. The fourth-order valence-corrected chi connectivity index (χ4v) is 3.08. The minimum Gasteiger partial charge on any atom is -0.496 e. The number of hydrogen-bond acceptors (Lipinski definition) is 4. The highest BCUT2D eigenvalue weighted by Gasteiger charge is 2.24. The largest absolute Gasteiger partial charge is 0.496 e. The first kappa shape index (κ1) is 18.1. The number of piperazine rings is 1. The van der Waals surface area contributed by atoms with Gasteiger partial charge in [0.25, 0.3) is 0 Å². The van der Waals surface area contributed by atoms with Gasteiger partial charge >= 0.3 is 0 Å². The topological polar surface area (TPSA) is 59.1 Å². The molecule has 0 unspecified atom stereocenters. The number of rotatable bonds is 5. The third-order valence-corrected chi connectivity index (χ3v) is 4.49. The van der Waals surface area contributed by atoms with Crippen LogP contribution in [0.15, 0.2) is 12.1 Å². The lowest BCUT2D eigenvalue weighted by molar-refractivity contribution is -0.139. The van der Waals surface area contributed by atoms with Crippen LogP contribution in [0.1, 0.15) is 24.5 Å². The van der Waals surface area contributed by atoms with Crippen LogP contribution in [0.4, 0.5) is 0 Å². The zero-order valence-electron chi connectivity index (χ0n) is 14.9. The van der Waals surface area contributed by atoms with Crippen molar-refractivity contribution in [1.29, 1.82) is 0 Å². The van der Waals surface area contributed by atoms with E-state index in [1.807, 2.05) is 35.8 Å². The Morgan fingerprint density at radius 1 is 1.00 bits per heavy atom. The van der Waals surface area contributed by atoms with Crippen molar-refractivity contribution in [3.63, 3.8) is 0 Å². The molecule has 0 N–H and O–H groups in total. The number of amides is 2. The van der Waals surface area contributed by atoms with Crippen molar-refractivity contribution in [2.45, 2.75) is 26.7 Å². The van der Waals surface area contributed by atoms with Gasteiger partial charge < -0.3 is 19.3 Å². The van der Waals surface area contributed by atoms with Crippen LogP contribution in [0.5, 0.6) is 11.5 Å². The molecule has 6 heteroatoms. The first-order valence-electron chi connectivity index (χ1n) is 8.27. The van der Waals surface area contributed by atoms with Crippen molar-refractivity contribution in [1.82, 2.24) is 9.80 Å². The molecule has 0 radical (unpaired) electrons. The van der Waals surface area contributed by atoms with Crippen molar-refractivity contribution < 1.29 is 19.1 Å². The summed E-state index contributed by atoms with van der Waals surface area (Å²) in [6.07, 6.45) is 0.798. The van der Waals surface area contributed by atoms with Gasteiger partial charge in [-0.1, -0.05) is 13.0 Å². The van der Waals surface area contributed by atoms with Crippen LogP contribution < -0.4 is 9.47 Å². The monoisotopic (exact) mass is 334 g/mol. The third-order valence-electron chi connectivity index (χ3n) is 4.49. The Balaban J connectivity index is 2.03. The zero-order chi connectivity index (χ0) is 17.7. The van der Waals surface area contributed by atoms with Gasteiger partial charge in [0, 0.05) is 43.7 Å². The fourth-order valence-electron chi connectivity index (χ4n) is 3.08. The molecule has 1 aliphatic rings. The molecule has 1 heterocycles. The quantitative estimate of drug-likeness (QED) is 0.821. The third kappa shape index (κ3) is 3.80. The van der Waals surface area contributed by atoms with Crippen LogP contribution in [0.2, 0.25) is 0 Å². The standard InChI is InChI=1S/C18H26N2O4/c1-5-16(21)19-8-10-20(11-9-19)17(22)12-14-6-7-15(23-3)13(2)18(14)24-4/h6-7H,5,8-12H2,1-4H3. The highest BCUT2D eigenvalue weighted by atomic mass is 16.5. The second kappa shape index (κ2) is 8.04.